The lowest BCUT2D eigenvalue weighted by Gasteiger charge is -2.36. The Morgan fingerprint density at radius 3 is 2.71 bits per heavy atom. The van der Waals surface area contributed by atoms with Gasteiger partial charge in [-0.15, -0.1) is 0 Å². The van der Waals surface area contributed by atoms with Crippen LogP contribution in [0.4, 0.5) is 4.39 Å². The molecule has 3 nitrogen and oxygen atoms in total. The molecule has 1 aromatic carbocycles. The van der Waals surface area contributed by atoms with E-state index in [1.165, 1.54) is 12.1 Å². The number of aliphatic hydroxyl groups is 1. The number of hydrogen-bond donors (Lipinski definition) is 2. The Morgan fingerprint density at radius 2 is 2.14 bits per heavy atom. The van der Waals surface area contributed by atoms with Crippen LogP contribution in [0.2, 0.25) is 0 Å². The molecular weight excluding hydrogens is 353 g/mol. The number of hydrogen-bond acceptors (Lipinski definition) is 2. The number of allylic oxidation sites excluding steroid dienone is 3. The summed E-state index contributed by atoms with van der Waals surface area (Å²) in [6.07, 6.45) is 7.43. The molecule has 150 valence electrons. The molecule has 4 heteroatoms. The van der Waals surface area contributed by atoms with Crippen molar-refractivity contribution >= 4 is 5.91 Å². The lowest BCUT2D eigenvalue weighted by Crippen LogP contribution is -2.50. The van der Waals surface area contributed by atoms with E-state index in [1.54, 1.807) is 12.1 Å². The van der Waals surface area contributed by atoms with Gasteiger partial charge in [-0.2, -0.15) is 0 Å². The van der Waals surface area contributed by atoms with Gasteiger partial charge in [-0.25, -0.2) is 4.39 Å². The van der Waals surface area contributed by atoms with Crippen LogP contribution in [-0.4, -0.2) is 23.2 Å². The maximum atomic E-state index is 13.3. The van der Waals surface area contributed by atoms with Crippen LogP contribution in [0.1, 0.15) is 52.5 Å². The second kappa shape index (κ2) is 9.71. The molecule has 1 unspecified atom stereocenters. The monoisotopic (exact) mass is 383 g/mol. The highest BCUT2D eigenvalue weighted by molar-refractivity contribution is 5.81. The van der Waals surface area contributed by atoms with E-state index < -0.39 is 0 Å². The van der Waals surface area contributed by atoms with Crippen LogP contribution in [0, 0.1) is 29.0 Å². The Labute approximate surface area is 167 Å². The Balaban J connectivity index is 2.14. The van der Waals surface area contributed by atoms with Crippen molar-refractivity contribution in [2.24, 2.45) is 11.3 Å². The van der Waals surface area contributed by atoms with Gasteiger partial charge in [-0.05, 0) is 49.8 Å². The molecule has 1 aliphatic rings. The summed E-state index contributed by atoms with van der Waals surface area (Å²) >= 11 is 0. The normalized spacial score (nSPS) is 20.9. The molecule has 1 atom stereocenters. The second-order valence-corrected chi connectivity index (χ2v) is 8.01. The fraction of sp³-hybridized carbons (Fsp3) is 0.458. The summed E-state index contributed by atoms with van der Waals surface area (Å²) in [5.41, 5.74) is 1.17. The van der Waals surface area contributed by atoms with Gasteiger partial charge in [0, 0.05) is 17.2 Å². The summed E-state index contributed by atoms with van der Waals surface area (Å²) in [7, 11) is 0. The van der Waals surface area contributed by atoms with E-state index in [2.05, 4.69) is 37.9 Å². The summed E-state index contributed by atoms with van der Waals surface area (Å²) in [5, 5.41) is 12.5. The molecule has 2 rings (SSSR count). The fourth-order valence-corrected chi connectivity index (χ4v) is 3.04. The minimum Gasteiger partial charge on any atom is -0.393 e. The van der Waals surface area contributed by atoms with Crippen molar-refractivity contribution in [3.05, 3.63) is 59.4 Å². The Bertz CT molecular complexity index is 807. The summed E-state index contributed by atoms with van der Waals surface area (Å²) in [4.78, 5) is 12.8. The topological polar surface area (TPSA) is 49.3 Å². The first-order valence-corrected chi connectivity index (χ1v) is 9.85. The molecular formula is C24H30FNO2. The van der Waals surface area contributed by atoms with Gasteiger partial charge in [-0.3, -0.25) is 4.79 Å². The molecule has 0 radical (unpaired) electrons. The second-order valence-electron chi connectivity index (χ2n) is 8.01. The van der Waals surface area contributed by atoms with Gasteiger partial charge in [0.05, 0.1) is 12.0 Å². The molecule has 0 aliphatic heterocycles. The van der Waals surface area contributed by atoms with Crippen molar-refractivity contribution in [2.45, 2.75) is 59.1 Å². The van der Waals surface area contributed by atoms with Crippen LogP contribution in [0.5, 0.6) is 0 Å². The number of benzene rings is 1. The van der Waals surface area contributed by atoms with Gasteiger partial charge in [0.1, 0.15) is 5.82 Å². The number of halogens is 1. The van der Waals surface area contributed by atoms with Crippen LogP contribution in [-0.2, 0) is 4.79 Å². The van der Waals surface area contributed by atoms with Crippen molar-refractivity contribution in [3.63, 3.8) is 0 Å². The zero-order valence-electron chi connectivity index (χ0n) is 17.1. The molecule has 1 amide bonds. The van der Waals surface area contributed by atoms with Crippen LogP contribution < -0.4 is 5.32 Å². The van der Waals surface area contributed by atoms with Gasteiger partial charge >= 0.3 is 0 Å². The molecule has 1 fully saturated rings. The molecule has 28 heavy (non-hydrogen) atoms. The first kappa shape index (κ1) is 21.9. The molecule has 2 N–H and O–H groups in total. The number of nitrogens with one attached hydrogen (secondary N) is 1. The van der Waals surface area contributed by atoms with Gasteiger partial charge in [0.2, 0.25) is 5.91 Å². The van der Waals surface area contributed by atoms with E-state index in [0.717, 1.165) is 12.0 Å². The van der Waals surface area contributed by atoms with Gasteiger partial charge in [-0.1, -0.05) is 56.9 Å². The van der Waals surface area contributed by atoms with Crippen molar-refractivity contribution < 1.29 is 14.3 Å². The highest BCUT2D eigenvalue weighted by Gasteiger charge is 2.35. The van der Waals surface area contributed by atoms with E-state index in [4.69, 9.17) is 0 Å². The fourth-order valence-electron chi connectivity index (χ4n) is 3.04. The van der Waals surface area contributed by atoms with Crippen LogP contribution >= 0.6 is 0 Å². The van der Waals surface area contributed by atoms with E-state index in [0.29, 0.717) is 18.4 Å². The molecule has 0 bridgehead atoms. The average Bonchev–Trinajstić information content (AvgIpc) is 2.63. The highest BCUT2D eigenvalue weighted by atomic mass is 19.1. The Kier molecular flexibility index (Phi) is 7.60. The third-order valence-electron chi connectivity index (χ3n) is 5.45. The zero-order valence-corrected chi connectivity index (χ0v) is 17.1. The molecule has 0 saturated heterocycles. The zero-order chi connectivity index (χ0) is 20.7. The minimum absolute atomic E-state index is 0.0199. The quantitative estimate of drug-likeness (QED) is 0.566. The number of carbonyl (C=O) groups excluding carboxylic acids is 1. The predicted octanol–water partition coefficient (Wildman–Crippen LogP) is 4.37. The van der Waals surface area contributed by atoms with Crippen molar-refractivity contribution in [1.29, 1.82) is 0 Å². The minimum atomic E-state index is -0.313. The number of carbonyl (C=O) groups is 1. The summed E-state index contributed by atoms with van der Waals surface area (Å²) < 4.78 is 13.3. The maximum Gasteiger partial charge on any atom is 0.227 e. The molecule has 1 aromatic rings. The summed E-state index contributed by atoms with van der Waals surface area (Å²) in [5.74, 6) is 5.36. The maximum absolute atomic E-state index is 13.3. The van der Waals surface area contributed by atoms with E-state index in [-0.39, 0.29) is 35.2 Å². The van der Waals surface area contributed by atoms with Crippen LogP contribution in [0.15, 0.2) is 48.1 Å². The summed E-state index contributed by atoms with van der Waals surface area (Å²) in [6, 6.07) is 6.23. The van der Waals surface area contributed by atoms with Crippen molar-refractivity contribution in [2.75, 3.05) is 0 Å². The molecule has 0 aromatic heterocycles. The average molecular weight is 384 g/mol. The molecule has 1 aliphatic carbocycles. The van der Waals surface area contributed by atoms with Gasteiger partial charge in [0.15, 0.2) is 0 Å². The van der Waals surface area contributed by atoms with Gasteiger partial charge < -0.3 is 10.4 Å². The standard InChI is InChI=1S/C24H30FNO2/c1-5-17(10-11-18-8-7-9-19(25)14-18)12-13-22(24(3,4)6-2)23(28)26-20-15-21(27)16-20/h5,7-9,12-14,20-22,27H,6,15-16H2,1-4H3,(H,26,28). The third kappa shape index (κ3) is 6.07. The Morgan fingerprint density at radius 1 is 1.43 bits per heavy atom. The van der Waals surface area contributed by atoms with Crippen LogP contribution in [0.25, 0.3) is 0 Å². The Hall–Kier alpha value is -2.38. The lowest BCUT2D eigenvalue weighted by molar-refractivity contribution is -0.128. The van der Waals surface area contributed by atoms with Gasteiger partial charge in [0.25, 0.3) is 0 Å². The number of aliphatic hydroxyl groups excluding tert-OH is 1. The first-order chi connectivity index (χ1) is 13.2. The number of amides is 1. The largest absolute Gasteiger partial charge is 0.393 e. The van der Waals surface area contributed by atoms with E-state index in [1.807, 2.05) is 25.2 Å². The van der Waals surface area contributed by atoms with Crippen LogP contribution in [0.3, 0.4) is 0 Å². The first-order valence-electron chi connectivity index (χ1n) is 9.85. The molecule has 0 spiro atoms. The summed E-state index contributed by atoms with van der Waals surface area (Å²) in [6.45, 7) is 8.10. The van der Waals surface area contributed by atoms with E-state index in [9.17, 15) is 14.3 Å². The predicted molar refractivity (Wildman–Crippen MR) is 111 cm³/mol. The number of rotatable bonds is 6. The third-order valence-corrected chi connectivity index (χ3v) is 5.45. The van der Waals surface area contributed by atoms with Crippen molar-refractivity contribution in [3.8, 4) is 11.8 Å². The van der Waals surface area contributed by atoms with Crippen molar-refractivity contribution in [1.82, 2.24) is 5.32 Å². The highest BCUT2D eigenvalue weighted by Crippen LogP contribution is 2.33. The molecule has 1 saturated carbocycles. The molecule has 0 heterocycles. The SMILES string of the molecule is CC=C(C#Cc1cccc(F)c1)C=CC(C(=O)NC1CC(O)C1)C(C)(C)CC. The van der Waals surface area contributed by atoms with E-state index >= 15 is 0 Å². The smallest absolute Gasteiger partial charge is 0.227 e. The lowest BCUT2D eigenvalue weighted by atomic mass is 9.75.